The number of hydrogen-bond acceptors (Lipinski definition) is 5. The number of carbonyl (C=O) groups excluding carboxylic acids is 1. The molecule has 7 nitrogen and oxygen atoms in total. The van der Waals surface area contributed by atoms with E-state index in [-0.39, 0.29) is 16.8 Å². The SMILES string of the molecule is CCCn1c(SCC(=O)NC2CCCCCC2)nc2cc(S(N)(=O)=O)ccc21. The Kier molecular flexibility index (Phi) is 7.00. The zero-order chi connectivity index (χ0) is 20.1. The number of rotatable bonds is 7. The molecule has 9 heteroatoms. The average Bonchev–Trinajstić information content (AvgIpc) is 2.79. The summed E-state index contributed by atoms with van der Waals surface area (Å²) in [7, 11) is -3.78. The number of hydrogen-bond donors (Lipinski definition) is 2. The first kappa shape index (κ1) is 21.1. The van der Waals surface area contributed by atoms with Gasteiger partial charge in [-0.1, -0.05) is 44.4 Å². The van der Waals surface area contributed by atoms with Crippen molar-refractivity contribution in [2.24, 2.45) is 5.14 Å². The van der Waals surface area contributed by atoms with Crippen LogP contribution >= 0.6 is 11.8 Å². The number of aryl methyl sites for hydroxylation is 1. The van der Waals surface area contributed by atoms with E-state index in [1.54, 1.807) is 6.07 Å². The monoisotopic (exact) mass is 424 g/mol. The molecule has 2 aromatic rings. The van der Waals surface area contributed by atoms with Crippen LogP contribution in [0.4, 0.5) is 0 Å². The van der Waals surface area contributed by atoms with Crippen LogP contribution in [0.1, 0.15) is 51.9 Å². The molecule has 3 rings (SSSR count). The summed E-state index contributed by atoms with van der Waals surface area (Å²) in [4.78, 5) is 17.0. The molecule has 1 fully saturated rings. The molecule has 28 heavy (non-hydrogen) atoms. The largest absolute Gasteiger partial charge is 0.353 e. The summed E-state index contributed by atoms with van der Waals surface area (Å²) < 4.78 is 25.2. The minimum absolute atomic E-state index is 0.0252. The van der Waals surface area contributed by atoms with Crippen molar-refractivity contribution in [1.29, 1.82) is 0 Å². The van der Waals surface area contributed by atoms with Gasteiger partial charge in [-0.15, -0.1) is 0 Å². The van der Waals surface area contributed by atoms with Crippen molar-refractivity contribution in [3.63, 3.8) is 0 Å². The lowest BCUT2D eigenvalue weighted by Crippen LogP contribution is -2.35. The molecule has 1 saturated carbocycles. The third kappa shape index (κ3) is 5.27. The Morgan fingerprint density at radius 2 is 2.00 bits per heavy atom. The fraction of sp³-hybridized carbons (Fsp3) is 0.579. The minimum Gasteiger partial charge on any atom is -0.353 e. The fourth-order valence-electron chi connectivity index (χ4n) is 3.64. The Hall–Kier alpha value is -1.58. The molecule has 1 amide bonds. The van der Waals surface area contributed by atoms with Crippen LogP contribution in [0.15, 0.2) is 28.3 Å². The van der Waals surface area contributed by atoms with E-state index in [2.05, 4.69) is 17.2 Å². The third-order valence-electron chi connectivity index (χ3n) is 5.01. The quantitative estimate of drug-likeness (QED) is 0.525. The van der Waals surface area contributed by atoms with Crippen molar-refractivity contribution in [2.75, 3.05) is 5.75 Å². The lowest BCUT2D eigenvalue weighted by atomic mass is 10.1. The van der Waals surface area contributed by atoms with E-state index in [0.29, 0.717) is 11.3 Å². The second kappa shape index (κ2) is 9.28. The van der Waals surface area contributed by atoms with Gasteiger partial charge in [0.2, 0.25) is 15.9 Å². The Labute approximate surface area is 170 Å². The van der Waals surface area contributed by atoms with E-state index in [0.717, 1.165) is 36.5 Å². The number of nitrogens with one attached hydrogen (secondary N) is 1. The number of primary sulfonamides is 1. The van der Waals surface area contributed by atoms with E-state index in [4.69, 9.17) is 5.14 Å². The predicted molar refractivity (Wildman–Crippen MR) is 112 cm³/mol. The van der Waals surface area contributed by atoms with Gasteiger partial charge in [0.15, 0.2) is 5.16 Å². The van der Waals surface area contributed by atoms with E-state index in [1.165, 1.54) is 49.6 Å². The summed E-state index contributed by atoms with van der Waals surface area (Å²) in [5.74, 6) is 0.322. The Balaban J connectivity index is 1.73. The highest BCUT2D eigenvalue weighted by molar-refractivity contribution is 7.99. The molecular formula is C19H28N4O3S2. The highest BCUT2D eigenvalue weighted by Crippen LogP contribution is 2.26. The number of carbonyl (C=O) groups is 1. The molecule has 0 aliphatic heterocycles. The highest BCUT2D eigenvalue weighted by Gasteiger charge is 2.18. The third-order valence-corrected chi connectivity index (χ3v) is 6.90. The van der Waals surface area contributed by atoms with Crippen LogP contribution in [-0.2, 0) is 21.4 Å². The fourth-order valence-corrected chi connectivity index (χ4v) is 5.02. The van der Waals surface area contributed by atoms with Crippen LogP contribution in [-0.4, -0.2) is 35.7 Å². The van der Waals surface area contributed by atoms with Gasteiger partial charge < -0.3 is 9.88 Å². The lowest BCUT2D eigenvalue weighted by molar-refractivity contribution is -0.119. The van der Waals surface area contributed by atoms with E-state index in [1.807, 2.05) is 4.57 Å². The van der Waals surface area contributed by atoms with Gasteiger partial charge in [-0.3, -0.25) is 4.79 Å². The summed E-state index contributed by atoms with van der Waals surface area (Å²) in [6.45, 7) is 2.82. The first-order chi connectivity index (χ1) is 13.4. The van der Waals surface area contributed by atoms with Gasteiger partial charge in [0.05, 0.1) is 21.7 Å². The van der Waals surface area contributed by atoms with Crippen molar-refractivity contribution in [3.05, 3.63) is 18.2 Å². The van der Waals surface area contributed by atoms with Gasteiger partial charge in [-0.25, -0.2) is 18.5 Å². The summed E-state index contributed by atoms with van der Waals surface area (Å²) >= 11 is 1.39. The molecule has 0 bridgehead atoms. The zero-order valence-corrected chi connectivity index (χ0v) is 17.8. The first-order valence-electron chi connectivity index (χ1n) is 9.83. The van der Waals surface area contributed by atoms with Crippen LogP contribution in [0.25, 0.3) is 11.0 Å². The number of amides is 1. The molecule has 1 aromatic heterocycles. The van der Waals surface area contributed by atoms with Crippen LogP contribution in [0.5, 0.6) is 0 Å². The summed E-state index contributed by atoms with van der Waals surface area (Å²) in [6.07, 6.45) is 7.88. The maximum Gasteiger partial charge on any atom is 0.238 e. The number of sulfonamides is 1. The van der Waals surface area contributed by atoms with Crippen LogP contribution in [0.3, 0.4) is 0 Å². The van der Waals surface area contributed by atoms with E-state index < -0.39 is 10.0 Å². The maximum absolute atomic E-state index is 12.4. The second-order valence-electron chi connectivity index (χ2n) is 7.29. The van der Waals surface area contributed by atoms with Crippen LogP contribution in [0, 0.1) is 0 Å². The molecule has 0 atom stereocenters. The van der Waals surface area contributed by atoms with Gasteiger partial charge >= 0.3 is 0 Å². The van der Waals surface area contributed by atoms with Crippen molar-refractivity contribution in [2.45, 2.75) is 74.5 Å². The number of imidazole rings is 1. The summed E-state index contributed by atoms with van der Waals surface area (Å²) in [5, 5.41) is 9.10. The standard InChI is InChI=1S/C19H28N4O3S2/c1-2-11-23-17-10-9-15(28(20,25)26)12-16(17)22-19(23)27-13-18(24)21-14-7-5-3-4-6-8-14/h9-10,12,14H,2-8,11,13H2,1H3,(H,21,24)(H2,20,25,26). The number of thioether (sulfide) groups is 1. The molecular weight excluding hydrogens is 396 g/mol. The average molecular weight is 425 g/mol. The van der Waals surface area contributed by atoms with E-state index in [9.17, 15) is 13.2 Å². The van der Waals surface area contributed by atoms with Crippen molar-refractivity contribution >= 4 is 38.7 Å². The molecule has 0 saturated heterocycles. The zero-order valence-electron chi connectivity index (χ0n) is 16.2. The van der Waals surface area contributed by atoms with Crippen molar-refractivity contribution in [1.82, 2.24) is 14.9 Å². The molecule has 0 spiro atoms. The molecule has 0 radical (unpaired) electrons. The molecule has 3 N–H and O–H groups in total. The smallest absolute Gasteiger partial charge is 0.238 e. The summed E-state index contributed by atoms with van der Waals surface area (Å²) in [6, 6.07) is 5.00. The number of aromatic nitrogens is 2. The van der Waals surface area contributed by atoms with Gasteiger partial charge in [0.1, 0.15) is 0 Å². The number of benzene rings is 1. The van der Waals surface area contributed by atoms with Gasteiger partial charge in [0.25, 0.3) is 0 Å². The first-order valence-corrected chi connectivity index (χ1v) is 12.4. The number of nitrogens with two attached hydrogens (primary N) is 1. The highest BCUT2D eigenvalue weighted by atomic mass is 32.2. The molecule has 1 aromatic carbocycles. The Morgan fingerprint density at radius 1 is 1.29 bits per heavy atom. The van der Waals surface area contributed by atoms with Crippen LogP contribution < -0.4 is 10.5 Å². The number of fused-ring (bicyclic) bond motifs is 1. The molecule has 1 heterocycles. The Bertz CT molecular complexity index is 932. The van der Waals surface area contributed by atoms with Crippen molar-refractivity contribution in [3.8, 4) is 0 Å². The maximum atomic E-state index is 12.4. The minimum atomic E-state index is -3.78. The lowest BCUT2D eigenvalue weighted by Gasteiger charge is -2.16. The predicted octanol–water partition coefficient (Wildman–Crippen LogP) is 3.02. The molecule has 1 aliphatic carbocycles. The second-order valence-corrected chi connectivity index (χ2v) is 9.79. The van der Waals surface area contributed by atoms with Gasteiger partial charge in [-0.05, 0) is 37.5 Å². The van der Waals surface area contributed by atoms with Crippen LogP contribution in [0.2, 0.25) is 0 Å². The summed E-state index contributed by atoms with van der Waals surface area (Å²) in [5.41, 5.74) is 1.42. The normalized spacial score (nSPS) is 16.2. The molecule has 0 unspecified atom stereocenters. The Morgan fingerprint density at radius 3 is 2.64 bits per heavy atom. The number of nitrogens with zero attached hydrogens (tertiary/aromatic N) is 2. The van der Waals surface area contributed by atoms with Gasteiger partial charge in [-0.2, -0.15) is 0 Å². The molecule has 1 aliphatic rings. The van der Waals surface area contributed by atoms with E-state index >= 15 is 0 Å². The molecule has 154 valence electrons. The van der Waals surface area contributed by atoms with Gasteiger partial charge in [0, 0.05) is 12.6 Å². The van der Waals surface area contributed by atoms with Crippen molar-refractivity contribution < 1.29 is 13.2 Å². The topological polar surface area (TPSA) is 107 Å².